The standard InChI is InChI=1S/C18H17N/c1-2-7-15(8-3-1)9-6-11-17-14-13-16-10-4-5-12-18(16)19-17/h1-5,7-8,10,12-14H,6,9,11H2. The quantitative estimate of drug-likeness (QED) is 0.665. The van der Waals surface area contributed by atoms with E-state index in [9.17, 15) is 0 Å². The lowest BCUT2D eigenvalue weighted by atomic mass is 10.1. The van der Waals surface area contributed by atoms with Crippen LogP contribution in [0.4, 0.5) is 0 Å². The van der Waals surface area contributed by atoms with Gasteiger partial charge < -0.3 is 0 Å². The van der Waals surface area contributed by atoms with Gasteiger partial charge in [0.25, 0.3) is 0 Å². The SMILES string of the molecule is c1ccc(CCCc2ccc3ccccc3n2)cc1. The first-order chi connectivity index (χ1) is 9.42. The van der Waals surface area contributed by atoms with Crippen LogP contribution in [-0.4, -0.2) is 4.98 Å². The molecule has 0 N–H and O–H groups in total. The van der Waals surface area contributed by atoms with Gasteiger partial charge in [0.2, 0.25) is 0 Å². The average molecular weight is 247 g/mol. The maximum Gasteiger partial charge on any atom is 0.0705 e. The van der Waals surface area contributed by atoms with Gasteiger partial charge in [0.1, 0.15) is 0 Å². The molecule has 1 aromatic heterocycles. The smallest absolute Gasteiger partial charge is 0.0705 e. The van der Waals surface area contributed by atoms with E-state index in [-0.39, 0.29) is 0 Å². The highest BCUT2D eigenvalue weighted by Gasteiger charge is 1.99. The Morgan fingerprint density at radius 2 is 1.47 bits per heavy atom. The van der Waals surface area contributed by atoms with Crippen molar-refractivity contribution in [1.29, 1.82) is 0 Å². The molecule has 19 heavy (non-hydrogen) atoms. The Morgan fingerprint density at radius 3 is 2.37 bits per heavy atom. The van der Waals surface area contributed by atoms with Gasteiger partial charge in [0, 0.05) is 11.1 Å². The minimum Gasteiger partial charge on any atom is -0.253 e. The molecule has 0 aliphatic carbocycles. The second-order valence-corrected chi connectivity index (χ2v) is 4.83. The molecule has 0 aliphatic heterocycles. The summed E-state index contributed by atoms with van der Waals surface area (Å²) >= 11 is 0. The van der Waals surface area contributed by atoms with Gasteiger partial charge in [0.05, 0.1) is 5.52 Å². The van der Waals surface area contributed by atoms with Crippen molar-refractivity contribution in [3.8, 4) is 0 Å². The zero-order chi connectivity index (χ0) is 12.9. The molecule has 1 heterocycles. The number of aryl methyl sites for hydroxylation is 2. The van der Waals surface area contributed by atoms with Gasteiger partial charge in [0.15, 0.2) is 0 Å². The van der Waals surface area contributed by atoms with Gasteiger partial charge in [-0.1, -0.05) is 54.6 Å². The maximum absolute atomic E-state index is 4.71. The van der Waals surface area contributed by atoms with E-state index in [0.717, 1.165) is 24.8 Å². The zero-order valence-corrected chi connectivity index (χ0v) is 10.9. The molecule has 0 atom stereocenters. The van der Waals surface area contributed by atoms with Gasteiger partial charge >= 0.3 is 0 Å². The van der Waals surface area contributed by atoms with E-state index in [1.807, 2.05) is 6.07 Å². The summed E-state index contributed by atoms with van der Waals surface area (Å²) in [6, 6.07) is 23.2. The molecule has 0 spiro atoms. The van der Waals surface area contributed by atoms with Crippen LogP contribution in [0.15, 0.2) is 66.7 Å². The van der Waals surface area contributed by atoms with E-state index in [0.29, 0.717) is 0 Å². The van der Waals surface area contributed by atoms with Crippen LogP contribution in [0.3, 0.4) is 0 Å². The number of nitrogens with zero attached hydrogens (tertiary/aromatic N) is 1. The number of para-hydroxylation sites is 1. The molecular weight excluding hydrogens is 230 g/mol. The highest BCUT2D eigenvalue weighted by atomic mass is 14.7. The molecule has 1 heteroatoms. The van der Waals surface area contributed by atoms with Crippen LogP contribution >= 0.6 is 0 Å². The van der Waals surface area contributed by atoms with E-state index in [4.69, 9.17) is 4.98 Å². The van der Waals surface area contributed by atoms with E-state index < -0.39 is 0 Å². The Hall–Kier alpha value is -2.15. The highest BCUT2D eigenvalue weighted by molar-refractivity contribution is 5.78. The van der Waals surface area contributed by atoms with E-state index in [1.165, 1.54) is 16.6 Å². The Labute approximate surface area is 113 Å². The van der Waals surface area contributed by atoms with Crippen LogP contribution in [0.1, 0.15) is 17.7 Å². The molecule has 0 saturated carbocycles. The third kappa shape index (κ3) is 3.00. The van der Waals surface area contributed by atoms with Gasteiger partial charge in [-0.25, -0.2) is 0 Å². The Kier molecular flexibility index (Phi) is 3.55. The normalized spacial score (nSPS) is 10.7. The summed E-state index contributed by atoms with van der Waals surface area (Å²) in [6.45, 7) is 0. The molecule has 0 saturated heterocycles. The van der Waals surface area contributed by atoms with Gasteiger partial charge in [-0.15, -0.1) is 0 Å². The number of hydrogen-bond acceptors (Lipinski definition) is 1. The van der Waals surface area contributed by atoms with Crippen molar-refractivity contribution in [1.82, 2.24) is 4.98 Å². The molecule has 0 amide bonds. The Bertz CT molecular complexity index is 659. The van der Waals surface area contributed by atoms with Crippen LogP contribution in [0.5, 0.6) is 0 Å². The third-order valence-corrected chi connectivity index (χ3v) is 3.40. The first-order valence-electron chi connectivity index (χ1n) is 6.80. The fourth-order valence-electron chi connectivity index (χ4n) is 2.37. The molecule has 3 rings (SSSR count). The number of hydrogen-bond donors (Lipinski definition) is 0. The largest absolute Gasteiger partial charge is 0.253 e. The van der Waals surface area contributed by atoms with Crippen LogP contribution in [0.2, 0.25) is 0 Å². The summed E-state index contributed by atoms with van der Waals surface area (Å²) in [7, 11) is 0. The Morgan fingerprint density at radius 1 is 0.684 bits per heavy atom. The predicted octanol–water partition coefficient (Wildman–Crippen LogP) is 4.41. The summed E-state index contributed by atoms with van der Waals surface area (Å²) in [5, 5.41) is 1.22. The molecular formula is C18H17N. The summed E-state index contributed by atoms with van der Waals surface area (Å²) in [5.74, 6) is 0. The van der Waals surface area contributed by atoms with Crippen molar-refractivity contribution < 1.29 is 0 Å². The van der Waals surface area contributed by atoms with Crippen LogP contribution < -0.4 is 0 Å². The van der Waals surface area contributed by atoms with Crippen molar-refractivity contribution in [2.45, 2.75) is 19.3 Å². The molecule has 3 aromatic rings. The molecule has 0 unspecified atom stereocenters. The first kappa shape index (κ1) is 11.9. The third-order valence-electron chi connectivity index (χ3n) is 3.40. The summed E-state index contributed by atoms with van der Waals surface area (Å²) in [4.78, 5) is 4.71. The number of pyridine rings is 1. The van der Waals surface area contributed by atoms with Gasteiger partial charge in [-0.2, -0.15) is 0 Å². The second-order valence-electron chi connectivity index (χ2n) is 4.83. The van der Waals surface area contributed by atoms with Crippen LogP contribution in [0, 0.1) is 0 Å². The van der Waals surface area contributed by atoms with Crippen molar-refractivity contribution in [3.05, 3.63) is 78.0 Å². The number of rotatable bonds is 4. The van der Waals surface area contributed by atoms with Crippen LogP contribution in [0.25, 0.3) is 10.9 Å². The lowest BCUT2D eigenvalue weighted by Crippen LogP contribution is -1.93. The predicted molar refractivity (Wildman–Crippen MR) is 80.2 cm³/mol. The fourth-order valence-corrected chi connectivity index (χ4v) is 2.37. The van der Waals surface area contributed by atoms with E-state index >= 15 is 0 Å². The lowest BCUT2D eigenvalue weighted by Gasteiger charge is -2.03. The minimum atomic E-state index is 1.04. The lowest BCUT2D eigenvalue weighted by molar-refractivity contribution is 0.803. The molecule has 0 aliphatic rings. The monoisotopic (exact) mass is 247 g/mol. The molecule has 0 fully saturated rings. The maximum atomic E-state index is 4.71. The minimum absolute atomic E-state index is 1.04. The average Bonchev–Trinajstić information content (AvgIpc) is 2.48. The van der Waals surface area contributed by atoms with Crippen molar-refractivity contribution in [2.75, 3.05) is 0 Å². The van der Waals surface area contributed by atoms with Crippen molar-refractivity contribution in [3.63, 3.8) is 0 Å². The summed E-state index contributed by atoms with van der Waals surface area (Å²) in [5.41, 5.74) is 3.69. The molecule has 0 radical (unpaired) electrons. The Balaban J connectivity index is 1.65. The van der Waals surface area contributed by atoms with Crippen molar-refractivity contribution >= 4 is 10.9 Å². The molecule has 94 valence electrons. The number of aromatic nitrogens is 1. The summed E-state index contributed by atoms with van der Waals surface area (Å²) < 4.78 is 0. The highest BCUT2D eigenvalue weighted by Crippen LogP contribution is 2.13. The summed E-state index contributed by atoms with van der Waals surface area (Å²) in [6.07, 6.45) is 3.31. The molecule has 1 nitrogen and oxygen atoms in total. The molecule has 0 bridgehead atoms. The first-order valence-corrected chi connectivity index (χ1v) is 6.80. The number of benzene rings is 2. The van der Waals surface area contributed by atoms with Gasteiger partial charge in [-0.05, 0) is 37.0 Å². The molecule has 2 aromatic carbocycles. The van der Waals surface area contributed by atoms with Crippen LogP contribution in [-0.2, 0) is 12.8 Å². The van der Waals surface area contributed by atoms with E-state index in [1.54, 1.807) is 0 Å². The van der Waals surface area contributed by atoms with Crippen molar-refractivity contribution in [2.24, 2.45) is 0 Å². The second kappa shape index (κ2) is 5.66. The fraction of sp³-hybridized carbons (Fsp3) is 0.167. The van der Waals surface area contributed by atoms with E-state index in [2.05, 4.69) is 60.7 Å². The topological polar surface area (TPSA) is 12.9 Å². The van der Waals surface area contributed by atoms with Gasteiger partial charge in [-0.3, -0.25) is 4.98 Å². The number of fused-ring (bicyclic) bond motifs is 1. The zero-order valence-electron chi connectivity index (χ0n) is 10.9.